The number of rotatable bonds is 2. The number of nitrogens with one attached hydrogen (secondary N) is 1. The van der Waals surface area contributed by atoms with Crippen molar-refractivity contribution in [3.63, 3.8) is 0 Å². The average Bonchev–Trinajstić information content (AvgIpc) is 2.86. The van der Waals surface area contributed by atoms with Gasteiger partial charge in [0.1, 0.15) is 0 Å². The summed E-state index contributed by atoms with van der Waals surface area (Å²) >= 11 is 0. The smallest absolute Gasteiger partial charge is 0.0429 e. The predicted molar refractivity (Wildman–Crippen MR) is 63.2 cm³/mol. The van der Waals surface area contributed by atoms with Crippen molar-refractivity contribution in [2.24, 2.45) is 0 Å². The van der Waals surface area contributed by atoms with Gasteiger partial charge < -0.3 is 10.2 Å². The first kappa shape index (κ1) is 9.22. The maximum Gasteiger partial charge on any atom is 0.0429 e. The molecule has 0 aliphatic carbocycles. The Hall–Kier alpha value is -1.02. The second-order valence-corrected chi connectivity index (χ2v) is 4.71. The molecular formula is C13H18N2. The molecule has 1 saturated heterocycles. The molecule has 0 radical (unpaired) electrons. The molecule has 2 nitrogen and oxygen atoms in total. The lowest BCUT2D eigenvalue weighted by molar-refractivity contribution is 0.324. The van der Waals surface area contributed by atoms with Crippen molar-refractivity contribution in [3.8, 4) is 0 Å². The van der Waals surface area contributed by atoms with Gasteiger partial charge in [0.25, 0.3) is 0 Å². The molecule has 0 unspecified atom stereocenters. The van der Waals surface area contributed by atoms with E-state index in [-0.39, 0.29) is 0 Å². The Labute approximate surface area is 91.3 Å². The van der Waals surface area contributed by atoms with Crippen LogP contribution in [-0.4, -0.2) is 30.6 Å². The zero-order valence-corrected chi connectivity index (χ0v) is 9.08. The summed E-state index contributed by atoms with van der Waals surface area (Å²) in [5.74, 6) is 0. The van der Waals surface area contributed by atoms with Crippen molar-refractivity contribution >= 4 is 5.69 Å². The van der Waals surface area contributed by atoms with Gasteiger partial charge >= 0.3 is 0 Å². The van der Waals surface area contributed by atoms with E-state index in [1.54, 1.807) is 0 Å². The van der Waals surface area contributed by atoms with Gasteiger partial charge in [-0.1, -0.05) is 18.2 Å². The minimum Gasteiger partial charge on any atom is -0.380 e. The zero-order valence-electron chi connectivity index (χ0n) is 9.08. The molecule has 2 aliphatic rings. The number of hydrogen-bond donors (Lipinski definition) is 1. The minimum absolute atomic E-state index is 0.639. The molecule has 1 fully saturated rings. The van der Waals surface area contributed by atoms with Gasteiger partial charge in [0.05, 0.1) is 0 Å². The predicted octanol–water partition coefficient (Wildman–Crippen LogP) is 2.12. The molecular weight excluding hydrogens is 184 g/mol. The molecule has 0 aromatic heterocycles. The van der Waals surface area contributed by atoms with Crippen molar-refractivity contribution in [3.05, 3.63) is 29.8 Å². The average molecular weight is 202 g/mol. The number of fused-ring (bicyclic) bond motifs is 1. The first-order chi connectivity index (χ1) is 7.42. The molecule has 1 N–H and O–H groups in total. The lowest BCUT2D eigenvalue weighted by Crippen LogP contribution is -2.33. The Kier molecular flexibility index (Phi) is 2.37. The number of likely N-dealkylation sites (tertiary alicyclic amines) is 1. The van der Waals surface area contributed by atoms with Crippen LogP contribution in [0.15, 0.2) is 24.3 Å². The molecule has 0 saturated carbocycles. The second kappa shape index (κ2) is 3.86. The van der Waals surface area contributed by atoms with E-state index in [1.807, 2.05) is 0 Å². The Morgan fingerprint density at radius 3 is 2.80 bits per heavy atom. The van der Waals surface area contributed by atoms with Gasteiger partial charge in [0, 0.05) is 18.3 Å². The normalized spacial score (nSPS) is 25.2. The summed E-state index contributed by atoms with van der Waals surface area (Å²) in [5.41, 5.74) is 2.84. The van der Waals surface area contributed by atoms with E-state index in [1.165, 1.54) is 50.1 Å². The lowest BCUT2D eigenvalue weighted by Gasteiger charge is -2.20. The Morgan fingerprint density at radius 1 is 1.20 bits per heavy atom. The zero-order chi connectivity index (χ0) is 10.1. The van der Waals surface area contributed by atoms with Crippen LogP contribution in [0.5, 0.6) is 0 Å². The van der Waals surface area contributed by atoms with E-state index < -0.39 is 0 Å². The third-order valence-electron chi connectivity index (χ3n) is 3.52. The Balaban J connectivity index is 1.63. The molecule has 0 bridgehead atoms. The summed E-state index contributed by atoms with van der Waals surface area (Å²) in [7, 11) is 0. The van der Waals surface area contributed by atoms with Crippen LogP contribution in [0.1, 0.15) is 18.4 Å². The summed E-state index contributed by atoms with van der Waals surface area (Å²) in [6.45, 7) is 3.82. The highest BCUT2D eigenvalue weighted by Crippen LogP contribution is 2.25. The van der Waals surface area contributed by atoms with Gasteiger partial charge in [-0.3, -0.25) is 0 Å². The second-order valence-electron chi connectivity index (χ2n) is 4.71. The topological polar surface area (TPSA) is 15.3 Å². The van der Waals surface area contributed by atoms with Crippen molar-refractivity contribution in [1.29, 1.82) is 0 Å². The van der Waals surface area contributed by atoms with Crippen molar-refractivity contribution in [2.75, 3.05) is 25.0 Å². The molecule has 2 heteroatoms. The summed E-state index contributed by atoms with van der Waals surface area (Å²) in [6, 6.07) is 9.33. The fourth-order valence-corrected chi connectivity index (χ4v) is 2.76. The van der Waals surface area contributed by atoms with Crippen LogP contribution in [0.4, 0.5) is 5.69 Å². The van der Waals surface area contributed by atoms with E-state index in [4.69, 9.17) is 0 Å². The standard InChI is InChI=1S/C13H18N2/c1-2-6-13-11(5-1)9-12(14-13)10-15-7-3-4-8-15/h1-2,5-6,12,14H,3-4,7-10H2/t12-/m1/s1. The molecule has 1 aromatic rings. The maximum absolute atomic E-state index is 3.62. The summed E-state index contributed by atoms with van der Waals surface area (Å²) < 4.78 is 0. The van der Waals surface area contributed by atoms with Gasteiger partial charge in [-0.2, -0.15) is 0 Å². The molecule has 80 valence electrons. The van der Waals surface area contributed by atoms with Crippen molar-refractivity contribution in [2.45, 2.75) is 25.3 Å². The third-order valence-corrected chi connectivity index (χ3v) is 3.52. The number of benzene rings is 1. The summed E-state index contributed by atoms with van der Waals surface area (Å²) in [4.78, 5) is 2.59. The van der Waals surface area contributed by atoms with Crippen molar-refractivity contribution < 1.29 is 0 Å². The maximum atomic E-state index is 3.62. The van der Waals surface area contributed by atoms with Crippen LogP contribution in [0, 0.1) is 0 Å². The SMILES string of the molecule is c1ccc2c(c1)C[C@H](CN1CCCC1)N2. The highest BCUT2D eigenvalue weighted by atomic mass is 15.2. The molecule has 2 aliphatic heterocycles. The van der Waals surface area contributed by atoms with Crippen LogP contribution >= 0.6 is 0 Å². The fraction of sp³-hybridized carbons (Fsp3) is 0.538. The fourth-order valence-electron chi connectivity index (χ4n) is 2.76. The van der Waals surface area contributed by atoms with Gasteiger partial charge in [-0.15, -0.1) is 0 Å². The first-order valence-corrected chi connectivity index (χ1v) is 5.98. The molecule has 3 rings (SSSR count). The van der Waals surface area contributed by atoms with Crippen LogP contribution in [0.25, 0.3) is 0 Å². The number of para-hydroxylation sites is 1. The van der Waals surface area contributed by atoms with E-state index in [2.05, 4.69) is 34.5 Å². The summed E-state index contributed by atoms with van der Waals surface area (Å²) in [5, 5.41) is 3.62. The molecule has 15 heavy (non-hydrogen) atoms. The van der Waals surface area contributed by atoms with Crippen molar-refractivity contribution in [1.82, 2.24) is 4.90 Å². The summed E-state index contributed by atoms with van der Waals surface area (Å²) in [6.07, 6.45) is 3.98. The van der Waals surface area contributed by atoms with Gasteiger partial charge in [-0.25, -0.2) is 0 Å². The highest BCUT2D eigenvalue weighted by Gasteiger charge is 2.23. The monoisotopic (exact) mass is 202 g/mol. The van der Waals surface area contributed by atoms with Gasteiger partial charge in [-0.05, 0) is 44.0 Å². The van der Waals surface area contributed by atoms with Crippen LogP contribution in [0.3, 0.4) is 0 Å². The molecule has 1 atom stereocenters. The largest absolute Gasteiger partial charge is 0.380 e. The number of nitrogens with zero attached hydrogens (tertiary/aromatic N) is 1. The highest BCUT2D eigenvalue weighted by molar-refractivity contribution is 5.56. The molecule has 0 amide bonds. The third kappa shape index (κ3) is 1.86. The van der Waals surface area contributed by atoms with E-state index >= 15 is 0 Å². The van der Waals surface area contributed by atoms with E-state index in [0.29, 0.717) is 6.04 Å². The number of anilines is 1. The molecule has 2 heterocycles. The Bertz CT molecular complexity index is 317. The lowest BCUT2D eigenvalue weighted by atomic mass is 10.1. The van der Waals surface area contributed by atoms with Crippen LogP contribution < -0.4 is 5.32 Å². The number of hydrogen-bond acceptors (Lipinski definition) is 2. The van der Waals surface area contributed by atoms with E-state index in [0.717, 1.165) is 0 Å². The molecule has 1 aromatic carbocycles. The first-order valence-electron chi connectivity index (χ1n) is 5.98. The quantitative estimate of drug-likeness (QED) is 0.790. The minimum atomic E-state index is 0.639. The van der Waals surface area contributed by atoms with Crippen LogP contribution in [-0.2, 0) is 6.42 Å². The van der Waals surface area contributed by atoms with Crippen LogP contribution in [0.2, 0.25) is 0 Å². The van der Waals surface area contributed by atoms with E-state index in [9.17, 15) is 0 Å². The Morgan fingerprint density at radius 2 is 2.00 bits per heavy atom. The van der Waals surface area contributed by atoms with Gasteiger partial charge in [0.2, 0.25) is 0 Å². The van der Waals surface area contributed by atoms with Gasteiger partial charge in [0.15, 0.2) is 0 Å². The molecule has 0 spiro atoms.